The van der Waals surface area contributed by atoms with Crippen LogP contribution in [-0.4, -0.2) is 11.7 Å². The average molecular weight is 327 g/mol. The van der Waals surface area contributed by atoms with Crippen LogP contribution < -0.4 is 5.32 Å². The van der Waals surface area contributed by atoms with Gasteiger partial charge in [0.1, 0.15) is 5.82 Å². The monoisotopic (exact) mass is 327 g/mol. The van der Waals surface area contributed by atoms with Crippen LogP contribution in [0.15, 0.2) is 54.6 Å². The van der Waals surface area contributed by atoms with Crippen LogP contribution >= 0.6 is 0 Å². The first-order chi connectivity index (χ1) is 11.5. The molecule has 0 radical (unpaired) electrons. The molecule has 126 valence electrons. The number of carbonyl (C=O) groups is 2. The van der Waals surface area contributed by atoms with Crippen LogP contribution in [0, 0.1) is 11.7 Å². The molecular weight excluding hydrogens is 305 g/mol. The molecule has 24 heavy (non-hydrogen) atoms. The Morgan fingerprint density at radius 2 is 1.58 bits per heavy atom. The standard InChI is InChI=1S/C20H22FNO2/c1-14(2)20(16-6-4-3-5-7-16)22-19(24)13-12-18(23)15-8-10-17(21)11-9-15/h3-11,14,20H,12-13H2,1-2H3,(H,22,24). The molecular formula is C20H22FNO2. The number of hydrogen-bond acceptors (Lipinski definition) is 2. The second-order valence-electron chi connectivity index (χ2n) is 6.13. The predicted octanol–water partition coefficient (Wildman–Crippen LogP) is 4.30. The molecule has 0 heterocycles. The summed E-state index contributed by atoms with van der Waals surface area (Å²) in [4.78, 5) is 24.2. The Kier molecular flexibility index (Phi) is 6.24. The molecule has 2 aromatic carbocycles. The lowest BCUT2D eigenvalue weighted by atomic mass is 9.95. The second-order valence-corrected chi connectivity index (χ2v) is 6.13. The van der Waals surface area contributed by atoms with Crippen molar-refractivity contribution in [1.29, 1.82) is 0 Å². The van der Waals surface area contributed by atoms with E-state index in [2.05, 4.69) is 5.32 Å². The van der Waals surface area contributed by atoms with Crippen molar-refractivity contribution in [3.05, 3.63) is 71.5 Å². The first-order valence-corrected chi connectivity index (χ1v) is 8.10. The van der Waals surface area contributed by atoms with Gasteiger partial charge < -0.3 is 5.32 Å². The number of hydrogen-bond donors (Lipinski definition) is 1. The van der Waals surface area contributed by atoms with Gasteiger partial charge in [0.2, 0.25) is 5.91 Å². The summed E-state index contributed by atoms with van der Waals surface area (Å²) in [6.07, 6.45) is 0.226. The van der Waals surface area contributed by atoms with Crippen molar-refractivity contribution in [3.8, 4) is 0 Å². The fourth-order valence-electron chi connectivity index (χ4n) is 2.55. The third-order valence-electron chi connectivity index (χ3n) is 3.89. The van der Waals surface area contributed by atoms with Gasteiger partial charge in [-0.1, -0.05) is 44.2 Å². The van der Waals surface area contributed by atoms with Gasteiger partial charge in [0.15, 0.2) is 5.78 Å². The fraction of sp³-hybridized carbons (Fsp3) is 0.300. The van der Waals surface area contributed by atoms with Gasteiger partial charge in [-0.25, -0.2) is 4.39 Å². The van der Waals surface area contributed by atoms with Crippen LogP contribution in [0.25, 0.3) is 0 Å². The van der Waals surface area contributed by atoms with Crippen molar-refractivity contribution in [2.45, 2.75) is 32.7 Å². The number of nitrogens with one attached hydrogen (secondary N) is 1. The zero-order valence-corrected chi connectivity index (χ0v) is 14.0. The number of halogens is 1. The Bertz CT molecular complexity index is 681. The van der Waals surface area contributed by atoms with Crippen molar-refractivity contribution in [3.63, 3.8) is 0 Å². The van der Waals surface area contributed by atoms with E-state index in [-0.39, 0.29) is 42.3 Å². The highest BCUT2D eigenvalue weighted by atomic mass is 19.1. The zero-order chi connectivity index (χ0) is 17.5. The lowest BCUT2D eigenvalue weighted by molar-refractivity contribution is -0.122. The predicted molar refractivity (Wildman–Crippen MR) is 92.1 cm³/mol. The average Bonchev–Trinajstić information content (AvgIpc) is 2.58. The van der Waals surface area contributed by atoms with Gasteiger partial charge in [0, 0.05) is 18.4 Å². The van der Waals surface area contributed by atoms with Gasteiger partial charge in [0.05, 0.1) is 6.04 Å². The molecule has 0 aliphatic heterocycles. The van der Waals surface area contributed by atoms with Crippen molar-refractivity contribution < 1.29 is 14.0 Å². The van der Waals surface area contributed by atoms with E-state index in [0.717, 1.165) is 5.56 Å². The summed E-state index contributed by atoms with van der Waals surface area (Å²) >= 11 is 0. The number of carbonyl (C=O) groups excluding carboxylic acids is 2. The maximum atomic E-state index is 12.9. The van der Waals surface area contributed by atoms with Gasteiger partial charge in [-0.05, 0) is 35.7 Å². The molecule has 1 unspecified atom stereocenters. The molecule has 0 saturated carbocycles. The van der Waals surface area contributed by atoms with Crippen molar-refractivity contribution >= 4 is 11.7 Å². The van der Waals surface area contributed by atoms with Gasteiger partial charge >= 0.3 is 0 Å². The maximum Gasteiger partial charge on any atom is 0.220 e. The molecule has 4 heteroatoms. The highest BCUT2D eigenvalue weighted by molar-refractivity contribution is 5.97. The molecule has 1 amide bonds. The van der Waals surface area contributed by atoms with Crippen LogP contribution in [0.3, 0.4) is 0 Å². The number of benzene rings is 2. The van der Waals surface area contributed by atoms with Crippen molar-refractivity contribution in [2.75, 3.05) is 0 Å². The molecule has 0 fully saturated rings. The van der Waals surface area contributed by atoms with Gasteiger partial charge in [-0.2, -0.15) is 0 Å². The van der Waals surface area contributed by atoms with Gasteiger partial charge in [-0.15, -0.1) is 0 Å². The number of Topliss-reactive ketones (excluding diaryl/α,β-unsaturated/α-hetero) is 1. The van der Waals surface area contributed by atoms with E-state index in [0.29, 0.717) is 5.56 Å². The molecule has 3 nitrogen and oxygen atoms in total. The molecule has 0 aliphatic carbocycles. The molecule has 2 aromatic rings. The van der Waals surface area contributed by atoms with E-state index < -0.39 is 0 Å². The molecule has 0 aliphatic rings. The van der Waals surface area contributed by atoms with Crippen LogP contribution in [-0.2, 0) is 4.79 Å². The minimum Gasteiger partial charge on any atom is -0.349 e. The van der Waals surface area contributed by atoms with E-state index >= 15 is 0 Å². The van der Waals surface area contributed by atoms with Crippen LogP contribution in [0.4, 0.5) is 4.39 Å². The molecule has 1 atom stereocenters. The zero-order valence-electron chi connectivity index (χ0n) is 14.0. The third kappa shape index (κ3) is 5.01. The minimum absolute atomic E-state index is 0.0837. The molecule has 0 spiro atoms. The van der Waals surface area contributed by atoms with E-state index in [1.165, 1.54) is 24.3 Å². The first kappa shape index (κ1) is 17.9. The lowest BCUT2D eigenvalue weighted by Gasteiger charge is -2.23. The minimum atomic E-state index is -0.382. The molecule has 2 rings (SSSR count). The van der Waals surface area contributed by atoms with E-state index in [1.807, 2.05) is 44.2 Å². The Morgan fingerprint density at radius 3 is 2.17 bits per heavy atom. The second kappa shape index (κ2) is 8.39. The van der Waals surface area contributed by atoms with Crippen LogP contribution in [0.1, 0.15) is 48.7 Å². The number of ketones is 1. The molecule has 1 N–H and O–H groups in total. The first-order valence-electron chi connectivity index (χ1n) is 8.10. The topological polar surface area (TPSA) is 46.2 Å². The Labute approximate surface area is 141 Å². The summed E-state index contributed by atoms with van der Waals surface area (Å²) in [5.41, 5.74) is 1.47. The molecule has 0 aromatic heterocycles. The van der Waals surface area contributed by atoms with Gasteiger partial charge in [-0.3, -0.25) is 9.59 Å². The molecule has 0 bridgehead atoms. The van der Waals surface area contributed by atoms with E-state index in [9.17, 15) is 14.0 Å². The quantitative estimate of drug-likeness (QED) is 0.771. The normalized spacial score (nSPS) is 12.0. The summed E-state index contributed by atoms with van der Waals surface area (Å²) in [6.45, 7) is 4.09. The van der Waals surface area contributed by atoms with Crippen molar-refractivity contribution in [2.24, 2.45) is 5.92 Å². The SMILES string of the molecule is CC(C)C(NC(=O)CCC(=O)c1ccc(F)cc1)c1ccccc1. The highest BCUT2D eigenvalue weighted by Crippen LogP contribution is 2.21. The number of amides is 1. The summed E-state index contributed by atoms with van der Waals surface area (Å²) in [5.74, 6) is -0.463. The number of rotatable bonds is 7. The summed E-state index contributed by atoms with van der Waals surface area (Å²) in [6, 6.07) is 15.1. The smallest absolute Gasteiger partial charge is 0.220 e. The fourth-order valence-corrected chi connectivity index (χ4v) is 2.55. The molecule has 0 saturated heterocycles. The summed E-state index contributed by atoms with van der Waals surface area (Å²) < 4.78 is 12.9. The van der Waals surface area contributed by atoms with Crippen LogP contribution in [0.5, 0.6) is 0 Å². The van der Waals surface area contributed by atoms with Gasteiger partial charge in [0.25, 0.3) is 0 Å². The maximum absolute atomic E-state index is 12.9. The summed E-state index contributed by atoms with van der Waals surface area (Å²) in [7, 11) is 0. The highest BCUT2D eigenvalue weighted by Gasteiger charge is 2.18. The van der Waals surface area contributed by atoms with Crippen molar-refractivity contribution in [1.82, 2.24) is 5.32 Å². The Hall–Kier alpha value is -2.49. The largest absolute Gasteiger partial charge is 0.349 e. The Balaban J connectivity index is 1.92. The lowest BCUT2D eigenvalue weighted by Crippen LogP contribution is -2.31. The van der Waals surface area contributed by atoms with E-state index in [1.54, 1.807) is 0 Å². The third-order valence-corrected chi connectivity index (χ3v) is 3.89. The van der Waals surface area contributed by atoms with E-state index in [4.69, 9.17) is 0 Å². The summed E-state index contributed by atoms with van der Waals surface area (Å²) in [5, 5.41) is 3.00. The Morgan fingerprint density at radius 1 is 0.958 bits per heavy atom. The van der Waals surface area contributed by atoms with Crippen LogP contribution in [0.2, 0.25) is 0 Å².